The highest BCUT2D eigenvalue weighted by molar-refractivity contribution is 5.76. The van der Waals surface area contributed by atoms with Crippen molar-refractivity contribution in [2.75, 3.05) is 19.7 Å². The van der Waals surface area contributed by atoms with Gasteiger partial charge in [-0.15, -0.1) is 0 Å². The van der Waals surface area contributed by atoms with E-state index in [1.807, 2.05) is 6.92 Å². The number of likely N-dealkylation sites (N-methyl/N-ethyl adjacent to an activating group) is 1. The van der Waals surface area contributed by atoms with Crippen molar-refractivity contribution in [1.82, 2.24) is 5.32 Å². The molecule has 4 N–H and O–H groups in total. The van der Waals surface area contributed by atoms with Gasteiger partial charge in [-0.3, -0.25) is 4.79 Å². The number of aliphatic hydroxyl groups excluding tert-OH is 1. The summed E-state index contributed by atoms with van der Waals surface area (Å²) < 4.78 is 5.42. The van der Waals surface area contributed by atoms with Crippen LogP contribution in [0.3, 0.4) is 0 Å². The molecule has 0 bridgehead atoms. The van der Waals surface area contributed by atoms with Crippen molar-refractivity contribution in [3.8, 4) is 5.75 Å². The van der Waals surface area contributed by atoms with Crippen LogP contribution in [-0.2, 0) is 11.2 Å². The van der Waals surface area contributed by atoms with Gasteiger partial charge in [0.2, 0.25) is 5.91 Å². The molecule has 0 aliphatic heterocycles. The van der Waals surface area contributed by atoms with Gasteiger partial charge in [-0.1, -0.05) is 19.1 Å². The lowest BCUT2D eigenvalue weighted by Crippen LogP contribution is -2.31. The second kappa shape index (κ2) is 7.68. The zero-order valence-electron chi connectivity index (χ0n) is 10.6. The van der Waals surface area contributed by atoms with Gasteiger partial charge in [0, 0.05) is 6.54 Å². The maximum Gasteiger partial charge on any atom is 0.221 e. The highest BCUT2D eigenvalue weighted by Gasteiger charge is 2.04. The van der Waals surface area contributed by atoms with Crippen molar-refractivity contribution >= 4 is 5.91 Å². The second-order valence-corrected chi connectivity index (χ2v) is 4.06. The molecule has 0 fully saturated rings. The smallest absolute Gasteiger partial charge is 0.221 e. The van der Waals surface area contributed by atoms with Crippen LogP contribution < -0.4 is 15.8 Å². The maximum atomic E-state index is 10.7. The third-order valence-corrected chi connectivity index (χ3v) is 2.37. The van der Waals surface area contributed by atoms with Crippen LogP contribution in [-0.4, -0.2) is 36.8 Å². The van der Waals surface area contributed by atoms with E-state index in [1.54, 1.807) is 24.3 Å². The van der Waals surface area contributed by atoms with Crippen LogP contribution in [0.15, 0.2) is 24.3 Å². The number of hydrogen-bond donors (Lipinski definition) is 3. The number of ether oxygens (including phenoxy) is 1. The molecule has 18 heavy (non-hydrogen) atoms. The number of hydrogen-bond acceptors (Lipinski definition) is 4. The van der Waals surface area contributed by atoms with Gasteiger partial charge in [-0.05, 0) is 24.2 Å². The molecular formula is C13H20N2O3. The minimum atomic E-state index is -0.532. The molecule has 0 aromatic heterocycles. The molecule has 0 aliphatic carbocycles. The van der Waals surface area contributed by atoms with Crippen LogP contribution in [0.4, 0.5) is 0 Å². The van der Waals surface area contributed by atoms with Gasteiger partial charge < -0.3 is 20.9 Å². The van der Waals surface area contributed by atoms with E-state index < -0.39 is 6.10 Å². The molecule has 5 heteroatoms. The molecule has 0 unspecified atom stereocenters. The maximum absolute atomic E-state index is 10.7. The van der Waals surface area contributed by atoms with Gasteiger partial charge in [0.1, 0.15) is 18.5 Å². The molecule has 100 valence electrons. The molecule has 1 amide bonds. The Morgan fingerprint density at radius 3 is 2.67 bits per heavy atom. The van der Waals surface area contributed by atoms with Crippen molar-refractivity contribution in [2.45, 2.75) is 19.4 Å². The molecule has 0 spiro atoms. The first-order valence-electron chi connectivity index (χ1n) is 6.00. The Bertz CT molecular complexity index is 365. The van der Waals surface area contributed by atoms with Crippen LogP contribution in [0, 0.1) is 0 Å². The number of rotatable bonds is 8. The van der Waals surface area contributed by atoms with Gasteiger partial charge >= 0.3 is 0 Å². The van der Waals surface area contributed by atoms with Crippen molar-refractivity contribution in [3.05, 3.63) is 29.8 Å². The Balaban J connectivity index is 2.36. The Kier molecular flexibility index (Phi) is 6.18. The largest absolute Gasteiger partial charge is 0.491 e. The van der Waals surface area contributed by atoms with E-state index >= 15 is 0 Å². The summed E-state index contributed by atoms with van der Waals surface area (Å²) in [6.45, 7) is 3.54. The number of amides is 1. The molecule has 0 saturated carbocycles. The monoisotopic (exact) mass is 252 g/mol. The molecule has 0 aliphatic rings. The third kappa shape index (κ3) is 5.65. The Morgan fingerprint density at radius 1 is 1.44 bits per heavy atom. The van der Waals surface area contributed by atoms with Crippen LogP contribution in [0.25, 0.3) is 0 Å². The van der Waals surface area contributed by atoms with E-state index in [4.69, 9.17) is 10.5 Å². The van der Waals surface area contributed by atoms with E-state index in [0.717, 1.165) is 12.1 Å². The van der Waals surface area contributed by atoms with Crippen molar-refractivity contribution in [3.63, 3.8) is 0 Å². The van der Waals surface area contributed by atoms with Gasteiger partial charge in [0.15, 0.2) is 0 Å². The number of aliphatic hydroxyl groups is 1. The fraction of sp³-hybridized carbons (Fsp3) is 0.462. The van der Waals surface area contributed by atoms with Crippen molar-refractivity contribution in [2.24, 2.45) is 5.73 Å². The first kappa shape index (κ1) is 14.5. The molecule has 1 aromatic rings. The van der Waals surface area contributed by atoms with Crippen LogP contribution in [0.5, 0.6) is 5.75 Å². The standard InChI is InChI=1S/C13H20N2O3/c1-2-15-8-11(16)9-18-12-5-3-10(4-6-12)7-13(14)17/h3-6,11,15-16H,2,7-9H2,1H3,(H2,14,17)/t11-/m1/s1. The van der Waals surface area contributed by atoms with E-state index in [0.29, 0.717) is 12.3 Å². The molecule has 0 saturated heterocycles. The summed E-state index contributed by atoms with van der Waals surface area (Å²) >= 11 is 0. The lowest BCUT2D eigenvalue weighted by atomic mass is 10.1. The van der Waals surface area contributed by atoms with Crippen molar-refractivity contribution < 1.29 is 14.6 Å². The fourth-order valence-corrected chi connectivity index (χ4v) is 1.47. The van der Waals surface area contributed by atoms with Gasteiger partial charge in [0.25, 0.3) is 0 Å². The zero-order valence-corrected chi connectivity index (χ0v) is 10.6. The zero-order chi connectivity index (χ0) is 13.4. The predicted octanol–water partition coefficient (Wildman–Crippen LogP) is 0.0636. The quantitative estimate of drug-likeness (QED) is 0.611. The number of nitrogens with one attached hydrogen (secondary N) is 1. The predicted molar refractivity (Wildman–Crippen MR) is 69.4 cm³/mol. The van der Waals surface area contributed by atoms with Crippen LogP contribution in [0.2, 0.25) is 0 Å². The fourth-order valence-electron chi connectivity index (χ4n) is 1.47. The topological polar surface area (TPSA) is 84.6 Å². The van der Waals surface area contributed by atoms with Crippen molar-refractivity contribution in [1.29, 1.82) is 0 Å². The average Bonchev–Trinajstić information content (AvgIpc) is 2.35. The summed E-state index contributed by atoms with van der Waals surface area (Å²) in [4.78, 5) is 10.7. The number of benzene rings is 1. The summed E-state index contributed by atoms with van der Waals surface area (Å²) in [5, 5.41) is 12.6. The van der Waals surface area contributed by atoms with Gasteiger partial charge in [-0.25, -0.2) is 0 Å². The van der Waals surface area contributed by atoms with Crippen LogP contribution in [0.1, 0.15) is 12.5 Å². The third-order valence-electron chi connectivity index (χ3n) is 2.37. The molecule has 1 aromatic carbocycles. The number of carbonyl (C=O) groups excluding carboxylic acids is 1. The molecule has 1 atom stereocenters. The first-order chi connectivity index (χ1) is 8.61. The van der Waals surface area contributed by atoms with E-state index in [1.165, 1.54) is 0 Å². The lowest BCUT2D eigenvalue weighted by Gasteiger charge is -2.12. The molecule has 0 radical (unpaired) electrons. The summed E-state index contributed by atoms with van der Waals surface area (Å²) in [5.74, 6) is 0.309. The lowest BCUT2D eigenvalue weighted by molar-refractivity contribution is -0.117. The SMILES string of the molecule is CCNC[C@@H](O)COc1ccc(CC(N)=O)cc1. The first-order valence-corrected chi connectivity index (χ1v) is 6.00. The Morgan fingerprint density at radius 2 is 2.11 bits per heavy atom. The van der Waals surface area contributed by atoms with Gasteiger partial charge in [-0.2, -0.15) is 0 Å². The van der Waals surface area contributed by atoms with E-state index in [2.05, 4.69) is 5.32 Å². The minimum absolute atomic E-state index is 0.226. The highest BCUT2D eigenvalue weighted by Crippen LogP contribution is 2.12. The molecule has 5 nitrogen and oxygen atoms in total. The second-order valence-electron chi connectivity index (χ2n) is 4.06. The Labute approximate surface area is 107 Å². The number of primary amides is 1. The van der Waals surface area contributed by atoms with E-state index in [9.17, 15) is 9.90 Å². The number of nitrogens with two attached hydrogens (primary N) is 1. The molecular weight excluding hydrogens is 232 g/mol. The summed E-state index contributed by atoms with van der Waals surface area (Å²) in [7, 11) is 0. The Hall–Kier alpha value is -1.59. The van der Waals surface area contributed by atoms with Gasteiger partial charge in [0.05, 0.1) is 6.42 Å². The minimum Gasteiger partial charge on any atom is -0.491 e. The molecule has 1 rings (SSSR count). The summed E-state index contributed by atoms with van der Waals surface area (Å²) in [6, 6.07) is 7.10. The summed E-state index contributed by atoms with van der Waals surface area (Å²) in [5.41, 5.74) is 5.95. The summed E-state index contributed by atoms with van der Waals surface area (Å²) in [6.07, 6.45) is -0.307. The molecule has 0 heterocycles. The highest BCUT2D eigenvalue weighted by atomic mass is 16.5. The average molecular weight is 252 g/mol. The van der Waals surface area contributed by atoms with Crippen LogP contribution >= 0.6 is 0 Å². The number of carbonyl (C=O) groups is 1. The van der Waals surface area contributed by atoms with E-state index in [-0.39, 0.29) is 18.9 Å². The normalized spacial score (nSPS) is 12.1.